The summed E-state index contributed by atoms with van der Waals surface area (Å²) in [4.78, 5) is 11.9. The Bertz CT molecular complexity index is 864. The monoisotopic (exact) mass is 378 g/mol. The molecule has 2 aromatic carbocycles. The van der Waals surface area contributed by atoms with Gasteiger partial charge in [0.05, 0.1) is 6.26 Å². The molecular weight excluding hydrogens is 356 g/mol. The quantitative estimate of drug-likeness (QED) is 0.523. The summed E-state index contributed by atoms with van der Waals surface area (Å²) in [5.74, 6) is -0.486. The van der Waals surface area contributed by atoms with Gasteiger partial charge in [0.1, 0.15) is 0 Å². The smallest absolute Gasteiger partial charge is 0.229 e. The van der Waals surface area contributed by atoms with Crippen LogP contribution in [0.2, 0.25) is 0 Å². The Balaban J connectivity index is 1.73. The summed E-state index contributed by atoms with van der Waals surface area (Å²) in [6.07, 6.45) is 2.47. The second-order valence-electron chi connectivity index (χ2n) is 5.99. The Hall–Kier alpha value is -2.74. The molecule has 7 nitrogen and oxygen atoms in total. The van der Waals surface area contributed by atoms with Crippen LogP contribution in [0, 0.1) is 0 Å². The summed E-state index contributed by atoms with van der Waals surface area (Å²) in [5.41, 5.74) is 2.25. The number of phenolic OH excluding ortho intramolecular Hbond substituents is 2. The second kappa shape index (κ2) is 8.57. The van der Waals surface area contributed by atoms with E-state index < -0.39 is 10.0 Å². The standard InChI is InChI=1S/C18H22N2O5S/c1-26(24,25)20-15-6-2-13(3-7-15)10-11-19-18(23)9-5-14-4-8-16(21)17(22)12-14/h2-4,6-8,12,20-22H,5,9-11H2,1H3,(H,19,23). The summed E-state index contributed by atoms with van der Waals surface area (Å²) in [5, 5.41) is 21.5. The van der Waals surface area contributed by atoms with Gasteiger partial charge in [-0.3, -0.25) is 9.52 Å². The molecule has 1 amide bonds. The van der Waals surface area contributed by atoms with Crippen LogP contribution in [0.4, 0.5) is 5.69 Å². The first-order valence-electron chi connectivity index (χ1n) is 8.07. The number of aryl methyl sites for hydroxylation is 1. The molecule has 0 aliphatic rings. The maximum atomic E-state index is 11.9. The number of anilines is 1. The number of hydrogen-bond acceptors (Lipinski definition) is 5. The lowest BCUT2D eigenvalue weighted by molar-refractivity contribution is -0.121. The van der Waals surface area contributed by atoms with E-state index in [1.165, 1.54) is 12.1 Å². The molecule has 2 aromatic rings. The van der Waals surface area contributed by atoms with Crippen LogP contribution in [0.25, 0.3) is 0 Å². The van der Waals surface area contributed by atoms with Crippen molar-refractivity contribution in [1.29, 1.82) is 0 Å². The minimum absolute atomic E-state index is 0.104. The maximum Gasteiger partial charge on any atom is 0.229 e. The van der Waals surface area contributed by atoms with Crippen LogP contribution in [0.1, 0.15) is 17.5 Å². The highest BCUT2D eigenvalue weighted by Gasteiger charge is 2.05. The highest BCUT2D eigenvalue weighted by molar-refractivity contribution is 7.92. The normalized spacial score (nSPS) is 11.1. The van der Waals surface area contributed by atoms with Crippen molar-refractivity contribution in [3.63, 3.8) is 0 Å². The molecule has 0 saturated heterocycles. The van der Waals surface area contributed by atoms with Crippen molar-refractivity contribution in [2.45, 2.75) is 19.3 Å². The van der Waals surface area contributed by atoms with Gasteiger partial charge in [0.2, 0.25) is 15.9 Å². The Morgan fingerprint density at radius 3 is 2.23 bits per heavy atom. The average molecular weight is 378 g/mol. The molecule has 0 bridgehead atoms. The minimum Gasteiger partial charge on any atom is -0.504 e. The van der Waals surface area contributed by atoms with Crippen molar-refractivity contribution in [1.82, 2.24) is 5.32 Å². The van der Waals surface area contributed by atoms with Crippen LogP contribution in [0.5, 0.6) is 11.5 Å². The summed E-state index contributed by atoms with van der Waals surface area (Å²) in [7, 11) is -3.29. The Morgan fingerprint density at radius 2 is 1.62 bits per heavy atom. The van der Waals surface area contributed by atoms with Gasteiger partial charge in [0.15, 0.2) is 11.5 Å². The lowest BCUT2D eigenvalue weighted by Gasteiger charge is -2.08. The molecule has 0 aliphatic heterocycles. The number of phenols is 2. The van der Waals surface area contributed by atoms with E-state index in [0.717, 1.165) is 17.4 Å². The van der Waals surface area contributed by atoms with Gasteiger partial charge in [0, 0.05) is 18.7 Å². The van der Waals surface area contributed by atoms with Gasteiger partial charge in [0.25, 0.3) is 0 Å². The fraction of sp³-hybridized carbons (Fsp3) is 0.278. The molecule has 8 heteroatoms. The number of hydrogen-bond donors (Lipinski definition) is 4. The lowest BCUT2D eigenvalue weighted by atomic mass is 10.1. The van der Waals surface area contributed by atoms with Gasteiger partial charge >= 0.3 is 0 Å². The third-order valence-corrected chi connectivity index (χ3v) is 4.28. The Labute approximate surface area is 152 Å². The van der Waals surface area contributed by atoms with Gasteiger partial charge in [-0.25, -0.2) is 8.42 Å². The molecule has 0 atom stereocenters. The summed E-state index contributed by atoms with van der Waals surface area (Å²) in [6, 6.07) is 11.5. The fourth-order valence-corrected chi connectivity index (χ4v) is 2.93. The first kappa shape index (κ1) is 19.6. The van der Waals surface area contributed by atoms with Crippen LogP contribution in [-0.4, -0.2) is 37.3 Å². The molecule has 2 rings (SSSR count). The average Bonchev–Trinajstić information content (AvgIpc) is 2.56. The predicted octanol–water partition coefficient (Wildman–Crippen LogP) is 1.76. The number of benzene rings is 2. The van der Waals surface area contributed by atoms with Gasteiger partial charge in [-0.2, -0.15) is 0 Å². The van der Waals surface area contributed by atoms with E-state index in [0.29, 0.717) is 25.1 Å². The number of amides is 1. The summed E-state index contributed by atoms with van der Waals surface area (Å²) >= 11 is 0. The van der Waals surface area contributed by atoms with Crippen molar-refractivity contribution in [3.8, 4) is 11.5 Å². The van der Waals surface area contributed by atoms with E-state index in [2.05, 4.69) is 10.0 Å². The molecule has 0 aromatic heterocycles. The molecule has 0 heterocycles. The van der Waals surface area contributed by atoms with Crippen molar-refractivity contribution >= 4 is 21.6 Å². The second-order valence-corrected chi connectivity index (χ2v) is 7.74. The van der Waals surface area contributed by atoms with E-state index in [1.807, 2.05) is 0 Å². The molecule has 0 spiro atoms. The zero-order chi connectivity index (χ0) is 19.2. The fourth-order valence-electron chi connectivity index (χ4n) is 2.37. The zero-order valence-electron chi connectivity index (χ0n) is 14.4. The molecule has 4 N–H and O–H groups in total. The minimum atomic E-state index is -3.29. The van der Waals surface area contributed by atoms with E-state index in [4.69, 9.17) is 0 Å². The Kier molecular flexibility index (Phi) is 6.46. The first-order valence-corrected chi connectivity index (χ1v) is 9.96. The maximum absolute atomic E-state index is 11.9. The molecule has 0 radical (unpaired) electrons. The molecule has 0 aliphatic carbocycles. The van der Waals surface area contributed by atoms with Crippen LogP contribution < -0.4 is 10.0 Å². The highest BCUT2D eigenvalue weighted by Crippen LogP contribution is 2.25. The van der Waals surface area contributed by atoms with E-state index >= 15 is 0 Å². The van der Waals surface area contributed by atoms with Gasteiger partial charge in [-0.1, -0.05) is 18.2 Å². The number of aromatic hydroxyl groups is 2. The molecule has 26 heavy (non-hydrogen) atoms. The third kappa shape index (κ3) is 6.64. The largest absolute Gasteiger partial charge is 0.504 e. The molecule has 0 unspecified atom stereocenters. The van der Waals surface area contributed by atoms with Crippen molar-refractivity contribution < 1.29 is 23.4 Å². The van der Waals surface area contributed by atoms with Gasteiger partial charge in [-0.15, -0.1) is 0 Å². The van der Waals surface area contributed by atoms with E-state index in [-0.39, 0.29) is 23.8 Å². The van der Waals surface area contributed by atoms with E-state index in [9.17, 15) is 23.4 Å². The van der Waals surface area contributed by atoms with Crippen LogP contribution in [0.15, 0.2) is 42.5 Å². The summed E-state index contributed by atoms with van der Waals surface area (Å²) in [6.45, 7) is 0.471. The molecule has 140 valence electrons. The predicted molar refractivity (Wildman–Crippen MR) is 99.7 cm³/mol. The van der Waals surface area contributed by atoms with Crippen molar-refractivity contribution in [2.75, 3.05) is 17.5 Å². The van der Waals surface area contributed by atoms with Crippen LogP contribution in [-0.2, 0) is 27.7 Å². The summed E-state index contributed by atoms with van der Waals surface area (Å²) < 4.78 is 24.7. The molecule has 0 fully saturated rings. The Morgan fingerprint density at radius 1 is 0.962 bits per heavy atom. The molecular formula is C18H22N2O5S. The lowest BCUT2D eigenvalue weighted by Crippen LogP contribution is -2.25. The number of sulfonamides is 1. The van der Waals surface area contributed by atoms with Gasteiger partial charge in [-0.05, 0) is 48.2 Å². The molecule has 0 saturated carbocycles. The van der Waals surface area contributed by atoms with E-state index in [1.54, 1.807) is 30.3 Å². The van der Waals surface area contributed by atoms with Crippen LogP contribution >= 0.6 is 0 Å². The third-order valence-electron chi connectivity index (χ3n) is 3.67. The van der Waals surface area contributed by atoms with Crippen molar-refractivity contribution in [3.05, 3.63) is 53.6 Å². The van der Waals surface area contributed by atoms with Crippen molar-refractivity contribution in [2.24, 2.45) is 0 Å². The number of carbonyl (C=O) groups excluding carboxylic acids is 1. The van der Waals surface area contributed by atoms with Crippen LogP contribution in [0.3, 0.4) is 0 Å². The van der Waals surface area contributed by atoms with Gasteiger partial charge < -0.3 is 15.5 Å². The highest BCUT2D eigenvalue weighted by atomic mass is 32.2. The topological polar surface area (TPSA) is 116 Å². The SMILES string of the molecule is CS(=O)(=O)Nc1ccc(CCNC(=O)CCc2ccc(O)c(O)c2)cc1. The number of carbonyl (C=O) groups is 1. The number of rotatable bonds is 8. The zero-order valence-corrected chi connectivity index (χ0v) is 15.2. The first-order chi connectivity index (χ1) is 12.2. The number of nitrogens with one attached hydrogen (secondary N) is 2.